The number of nitro groups is 1. The van der Waals surface area contributed by atoms with Gasteiger partial charge in [0, 0.05) is 33.4 Å². The number of aryl methyl sites for hydroxylation is 1. The largest absolute Gasteiger partial charge is 0.405 e. The molecule has 0 spiro atoms. The number of carbonyl (C=O) groups excluding carboxylic acids is 2. The monoisotopic (exact) mass is 516 g/mol. The highest BCUT2D eigenvalue weighted by atomic mass is 35.5. The van der Waals surface area contributed by atoms with Crippen molar-refractivity contribution in [3.05, 3.63) is 78.8 Å². The molecule has 34 heavy (non-hydrogen) atoms. The molecule has 0 aromatic heterocycles. The second-order valence-electron chi connectivity index (χ2n) is 8.25. The van der Waals surface area contributed by atoms with Crippen molar-refractivity contribution < 1.29 is 27.7 Å². The predicted molar refractivity (Wildman–Crippen MR) is 121 cm³/mol. The molecule has 2 aromatic rings. The van der Waals surface area contributed by atoms with Crippen LogP contribution in [0.25, 0.3) is 0 Å². The number of Topliss-reactive ketones (excluding diaryl/α,β-unsaturated/α-hetero) is 1. The summed E-state index contributed by atoms with van der Waals surface area (Å²) < 4.78 is 43.2. The van der Waals surface area contributed by atoms with E-state index >= 15 is 0 Å². The molecule has 2 unspecified atom stereocenters. The first-order valence-electron chi connectivity index (χ1n) is 10.5. The number of alkyl halides is 3. The molecular weight excluding hydrogens is 496 g/mol. The minimum Gasteiger partial charge on any atom is -0.349 e. The number of fused-ring (bicyclic) bond motifs is 1. The van der Waals surface area contributed by atoms with E-state index in [1.165, 1.54) is 18.2 Å². The van der Waals surface area contributed by atoms with Gasteiger partial charge in [-0.1, -0.05) is 42.3 Å². The molecule has 1 aliphatic rings. The average molecular weight is 517 g/mol. The molecule has 0 radical (unpaired) electrons. The molecule has 1 amide bonds. The van der Waals surface area contributed by atoms with Crippen LogP contribution in [0, 0.1) is 10.1 Å². The molecule has 2 aromatic carbocycles. The first kappa shape index (κ1) is 26.0. The van der Waals surface area contributed by atoms with Crippen molar-refractivity contribution >= 4 is 34.9 Å². The Morgan fingerprint density at radius 1 is 1.15 bits per heavy atom. The van der Waals surface area contributed by atoms with E-state index in [9.17, 15) is 32.9 Å². The van der Waals surface area contributed by atoms with Crippen molar-refractivity contribution in [2.24, 2.45) is 0 Å². The summed E-state index contributed by atoms with van der Waals surface area (Å²) in [5.41, 5.74) is -2.13. The van der Waals surface area contributed by atoms with Crippen molar-refractivity contribution in [2.45, 2.75) is 50.2 Å². The summed E-state index contributed by atoms with van der Waals surface area (Å²) in [4.78, 5) is 35.0. The minimum absolute atomic E-state index is 0.00585. The van der Waals surface area contributed by atoms with Crippen LogP contribution in [-0.2, 0) is 16.6 Å². The predicted octanol–water partition coefficient (Wildman–Crippen LogP) is 5.86. The van der Waals surface area contributed by atoms with E-state index in [-0.39, 0.29) is 27.6 Å². The highest BCUT2D eigenvalue weighted by Crippen LogP contribution is 2.46. The number of hydrogen-bond donors (Lipinski definition) is 1. The van der Waals surface area contributed by atoms with Crippen LogP contribution in [0.3, 0.4) is 0 Å². The van der Waals surface area contributed by atoms with E-state index in [4.69, 9.17) is 23.2 Å². The molecule has 0 saturated carbocycles. The number of hydrogen-bond acceptors (Lipinski definition) is 4. The fraction of sp³-hybridized carbons (Fsp3) is 0.391. The lowest BCUT2D eigenvalue weighted by Crippen LogP contribution is -2.49. The van der Waals surface area contributed by atoms with Gasteiger partial charge in [0.2, 0.25) is 12.5 Å². The van der Waals surface area contributed by atoms with Crippen LogP contribution in [-0.4, -0.2) is 29.3 Å². The van der Waals surface area contributed by atoms with Gasteiger partial charge < -0.3 is 5.32 Å². The van der Waals surface area contributed by atoms with Gasteiger partial charge in [-0.25, -0.2) is 0 Å². The topological polar surface area (TPSA) is 89.3 Å². The number of carbonyl (C=O) groups is 2. The Balaban J connectivity index is 2.00. The number of ketones is 1. The van der Waals surface area contributed by atoms with Crippen molar-refractivity contribution in [1.82, 2.24) is 5.32 Å². The highest BCUT2D eigenvalue weighted by molar-refractivity contribution is 6.34. The van der Waals surface area contributed by atoms with Crippen LogP contribution in [0.1, 0.15) is 59.3 Å². The van der Waals surface area contributed by atoms with Crippen molar-refractivity contribution in [1.29, 1.82) is 0 Å². The normalized spacial score (nSPS) is 17.1. The molecule has 182 valence electrons. The van der Waals surface area contributed by atoms with Crippen molar-refractivity contribution in [2.75, 3.05) is 6.54 Å². The third-order valence-electron chi connectivity index (χ3n) is 6.02. The Bertz CT molecular complexity index is 1120. The maximum atomic E-state index is 14.4. The first-order valence-corrected chi connectivity index (χ1v) is 11.2. The fourth-order valence-corrected chi connectivity index (χ4v) is 4.79. The molecule has 1 N–H and O–H groups in total. The summed E-state index contributed by atoms with van der Waals surface area (Å²) in [6.07, 6.45) is -4.88. The molecule has 2 atom stereocenters. The third-order valence-corrected chi connectivity index (χ3v) is 6.45. The molecule has 0 saturated heterocycles. The Morgan fingerprint density at radius 2 is 1.79 bits per heavy atom. The van der Waals surface area contributed by atoms with Gasteiger partial charge in [-0.3, -0.25) is 19.7 Å². The number of nitrogens with zero attached hydrogens (tertiary/aromatic N) is 1. The molecule has 0 bridgehead atoms. The molecular formula is C23H21Cl2F3N2O4. The standard InChI is InChI=1S/C23H21Cl2F3N2O4/c1-2-21(32)29-19-6-4-13-7-14(3-5-18(13)19)20(31)11-22(12-30(33)34,23(26,27)28)15-8-16(24)10-17(25)9-15/h3,5,7-10,19H,2,4,6,11-12H2,1H3,(H,29,32). The van der Waals surface area contributed by atoms with Crippen LogP contribution < -0.4 is 5.32 Å². The molecule has 3 rings (SSSR count). The molecule has 0 fully saturated rings. The van der Waals surface area contributed by atoms with E-state index in [1.807, 2.05) is 0 Å². The van der Waals surface area contributed by atoms with Gasteiger partial charge in [-0.15, -0.1) is 0 Å². The second-order valence-corrected chi connectivity index (χ2v) is 9.13. The maximum absolute atomic E-state index is 14.4. The second kappa shape index (κ2) is 9.92. The van der Waals surface area contributed by atoms with Gasteiger partial charge in [-0.2, -0.15) is 13.2 Å². The van der Waals surface area contributed by atoms with Gasteiger partial charge in [-0.05, 0) is 53.8 Å². The molecule has 6 nitrogen and oxygen atoms in total. The number of nitrogens with one attached hydrogen (secondary N) is 1. The van der Waals surface area contributed by atoms with E-state index in [1.54, 1.807) is 13.0 Å². The molecule has 0 aliphatic heterocycles. The summed E-state index contributed by atoms with van der Waals surface area (Å²) in [6, 6.07) is 7.35. The van der Waals surface area contributed by atoms with Gasteiger partial charge in [0.25, 0.3) is 0 Å². The molecule has 1 aliphatic carbocycles. The zero-order chi connectivity index (χ0) is 25.3. The van der Waals surface area contributed by atoms with Crippen molar-refractivity contribution in [3.63, 3.8) is 0 Å². The lowest BCUT2D eigenvalue weighted by atomic mass is 9.74. The number of amides is 1. The molecule has 0 heterocycles. The Morgan fingerprint density at radius 3 is 2.35 bits per heavy atom. The van der Waals surface area contributed by atoms with Crippen LogP contribution in [0.5, 0.6) is 0 Å². The van der Waals surface area contributed by atoms with Crippen LogP contribution in [0.15, 0.2) is 36.4 Å². The quantitative estimate of drug-likeness (QED) is 0.270. The van der Waals surface area contributed by atoms with E-state index in [0.717, 1.165) is 23.3 Å². The van der Waals surface area contributed by atoms with Gasteiger partial charge in [0.05, 0.1) is 6.04 Å². The Labute approximate surface area is 203 Å². The maximum Gasteiger partial charge on any atom is 0.405 e. The summed E-state index contributed by atoms with van der Waals surface area (Å²) in [5.74, 6) is -1.04. The average Bonchev–Trinajstić information content (AvgIpc) is 3.13. The van der Waals surface area contributed by atoms with Crippen molar-refractivity contribution in [3.8, 4) is 0 Å². The minimum atomic E-state index is -5.14. The van der Waals surface area contributed by atoms with Crippen LogP contribution in [0.4, 0.5) is 13.2 Å². The number of halogens is 5. The number of benzene rings is 2. The van der Waals surface area contributed by atoms with E-state index in [2.05, 4.69) is 5.32 Å². The lowest BCUT2D eigenvalue weighted by Gasteiger charge is -2.32. The summed E-state index contributed by atoms with van der Waals surface area (Å²) in [6.45, 7) is 0.160. The third kappa shape index (κ3) is 5.36. The first-order chi connectivity index (χ1) is 15.9. The van der Waals surface area contributed by atoms with E-state index in [0.29, 0.717) is 19.3 Å². The SMILES string of the molecule is CCC(=O)NC1CCc2cc(C(=O)CC(C[N+](=O)[O-])(c3cc(Cl)cc(Cl)c3)C(F)(F)F)ccc21. The Hall–Kier alpha value is -2.65. The lowest BCUT2D eigenvalue weighted by molar-refractivity contribution is -0.501. The smallest absolute Gasteiger partial charge is 0.349 e. The van der Waals surface area contributed by atoms with Crippen LogP contribution >= 0.6 is 23.2 Å². The zero-order valence-electron chi connectivity index (χ0n) is 18.0. The summed E-state index contributed by atoms with van der Waals surface area (Å²) >= 11 is 11.8. The number of rotatable bonds is 8. The van der Waals surface area contributed by atoms with Gasteiger partial charge in [0.15, 0.2) is 11.2 Å². The summed E-state index contributed by atoms with van der Waals surface area (Å²) in [5, 5.41) is 13.9. The van der Waals surface area contributed by atoms with Crippen LogP contribution in [0.2, 0.25) is 10.0 Å². The summed E-state index contributed by atoms with van der Waals surface area (Å²) in [7, 11) is 0. The zero-order valence-corrected chi connectivity index (χ0v) is 19.6. The van der Waals surface area contributed by atoms with Gasteiger partial charge >= 0.3 is 6.18 Å². The molecule has 11 heteroatoms. The highest BCUT2D eigenvalue weighted by Gasteiger charge is 2.60. The Kier molecular flexibility index (Phi) is 7.57. The van der Waals surface area contributed by atoms with Gasteiger partial charge in [0.1, 0.15) is 0 Å². The van der Waals surface area contributed by atoms with E-state index < -0.39 is 40.8 Å². The fourth-order valence-electron chi connectivity index (χ4n) is 4.27.